The highest BCUT2D eigenvalue weighted by atomic mass is 16.6. The Morgan fingerprint density at radius 2 is 1.95 bits per heavy atom. The zero-order chi connectivity index (χ0) is 15.9. The van der Waals surface area contributed by atoms with Gasteiger partial charge in [0.1, 0.15) is 11.8 Å². The molecule has 1 N–H and O–H groups in total. The highest BCUT2D eigenvalue weighted by Gasteiger charge is 2.21. The molecular weight excluding hydrogens is 282 g/mol. The van der Waals surface area contributed by atoms with Gasteiger partial charge in [-0.05, 0) is 12.1 Å². The summed E-state index contributed by atoms with van der Waals surface area (Å²) in [4.78, 5) is 10.6. The molecule has 0 aromatic heterocycles. The number of benzene rings is 2. The molecule has 0 aliphatic rings. The third-order valence-corrected chi connectivity index (χ3v) is 3.26. The first kappa shape index (κ1) is 15.5. The molecule has 6 heteroatoms. The van der Waals surface area contributed by atoms with Crippen LogP contribution in [0.1, 0.15) is 17.2 Å². The van der Waals surface area contributed by atoms with Crippen LogP contribution in [-0.2, 0) is 6.54 Å². The highest BCUT2D eigenvalue weighted by molar-refractivity contribution is 5.44. The third-order valence-electron chi connectivity index (χ3n) is 3.26. The molecule has 6 nitrogen and oxygen atoms in total. The first-order valence-corrected chi connectivity index (χ1v) is 6.65. The van der Waals surface area contributed by atoms with Crippen molar-refractivity contribution in [3.05, 3.63) is 69.8 Å². The number of nitriles is 1. The van der Waals surface area contributed by atoms with E-state index in [0.29, 0.717) is 17.9 Å². The van der Waals surface area contributed by atoms with Crippen LogP contribution in [0.3, 0.4) is 0 Å². The number of ether oxygens (including phenoxy) is 1. The number of para-hydroxylation sites is 2. The average molecular weight is 297 g/mol. The highest BCUT2D eigenvalue weighted by Crippen LogP contribution is 2.25. The number of nitro benzene ring substituents is 1. The number of hydrogen-bond acceptors (Lipinski definition) is 5. The van der Waals surface area contributed by atoms with E-state index in [2.05, 4.69) is 11.4 Å². The second kappa shape index (κ2) is 7.20. The van der Waals surface area contributed by atoms with Crippen LogP contribution >= 0.6 is 0 Å². The SMILES string of the molecule is COc1ccccc1CNC(C#N)c1ccccc1[N+](=O)[O-]. The fraction of sp³-hybridized carbons (Fsp3) is 0.188. The summed E-state index contributed by atoms with van der Waals surface area (Å²) in [5.74, 6) is 0.703. The van der Waals surface area contributed by atoms with Crippen LogP contribution in [0.5, 0.6) is 5.75 Å². The molecule has 0 saturated carbocycles. The van der Waals surface area contributed by atoms with Gasteiger partial charge in [0.2, 0.25) is 0 Å². The predicted octanol–water partition coefficient (Wildman–Crippen LogP) is 2.96. The Bertz CT molecular complexity index is 710. The second-order valence-electron chi connectivity index (χ2n) is 4.57. The largest absolute Gasteiger partial charge is 0.496 e. The lowest BCUT2D eigenvalue weighted by molar-refractivity contribution is -0.385. The van der Waals surface area contributed by atoms with Crippen molar-refractivity contribution in [2.45, 2.75) is 12.6 Å². The summed E-state index contributed by atoms with van der Waals surface area (Å²) in [6.45, 7) is 0.369. The van der Waals surface area contributed by atoms with Gasteiger partial charge in [-0.1, -0.05) is 30.3 Å². The van der Waals surface area contributed by atoms with Crippen molar-refractivity contribution in [2.75, 3.05) is 7.11 Å². The van der Waals surface area contributed by atoms with E-state index in [0.717, 1.165) is 5.56 Å². The van der Waals surface area contributed by atoms with Crippen LogP contribution in [-0.4, -0.2) is 12.0 Å². The van der Waals surface area contributed by atoms with Crippen molar-refractivity contribution in [1.82, 2.24) is 5.32 Å². The van der Waals surface area contributed by atoms with E-state index < -0.39 is 11.0 Å². The molecule has 0 saturated heterocycles. The Hall–Kier alpha value is -2.91. The molecule has 0 radical (unpaired) electrons. The molecule has 0 bridgehead atoms. The molecule has 0 spiro atoms. The Kier molecular flexibility index (Phi) is 5.07. The van der Waals surface area contributed by atoms with Crippen molar-refractivity contribution in [3.8, 4) is 11.8 Å². The molecular formula is C16H15N3O3. The van der Waals surface area contributed by atoms with Gasteiger partial charge in [-0.15, -0.1) is 0 Å². The molecule has 112 valence electrons. The maximum atomic E-state index is 11.1. The standard InChI is InChI=1S/C16H15N3O3/c1-22-16-9-5-2-6-12(16)11-18-14(10-17)13-7-3-4-8-15(13)19(20)21/h2-9,14,18H,11H2,1H3. The molecule has 0 aliphatic heterocycles. The van der Waals surface area contributed by atoms with Crippen LogP contribution < -0.4 is 10.1 Å². The lowest BCUT2D eigenvalue weighted by Crippen LogP contribution is -2.20. The Labute approximate surface area is 128 Å². The summed E-state index contributed by atoms with van der Waals surface area (Å²) in [6.07, 6.45) is 0. The van der Waals surface area contributed by atoms with Gasteiger partial charge in [-0.2, -0.15) is 5.26 Å². The normalized spacial score (nSPS) is 11.5. The van der Waals surface area contributed by atoms with Crippen molar-refractivity contribution < 1.29 is 9.66 Å². The zero-order valence-corrected chi connectivity index (χ0v) is 12.0. The Morgan fingerprint density at radius 1 is 1.27 bits per heavy atom. The van der Waals surface area contributed by atoms with Crippen molar-refractivity contribution >= 4 is 5.69 Å². The van der Waals surface area contributed by atoms with Crippen molar-refractivity contribution in [3.63, 3.8) is 0 Å². The maximum Gasteiger partial charge on any atom is 0.275 e. The Balaban J connectivity index is 2.21. The van der Waals surface area contributed by atoms with Crippen LogP contribution in [0, 0.1) is 21.4 Å². The number of hydrogen-bond donors (Lipinski definition) is 1. The van der Waals surface area contributed by atoms with E-state index in [9.17, 15) is 15.4 Å². The van der Waals surface area contributed by atoms with Crippen molar-refractivity contribution in [2.24, 2.45) is 0 Å². The minimum atomic E-state index is -0.772. The van der Waals surface area contributed by atoms with E-state index in [-0.39, 0.29) is 5.69 Å². The van der Waals surface area contributed by atoms with Crippen LogP contribution in [0.4, 0.5) is 5.69 Å². The van der Waals surface area contributed by atoms with Gasteiger partial charge < -0.3 is 4.74 Å². The van der Waals surface area contributed by atoms with Gasteiger partial charge >= 0.3 is 0 Å². The van der Waals surface area contributed by atoms with Gasteiger partial charge in [0.25, 0.3) is 5.69 Å². The van der Waals surface area contributed by atoms with Crippen molar-refractivity contribution in [1.29, 1.82) is 5.26 Å². The lowest BCUT2D eigenvalue weighted by Gasteiger charge is -2.14. The van der Waals surface area contributed by atoms with Gasteiger partial charge in [0.05, 0.1) is 23.7 Å². The van der Waals surface area contributed by atoms with E-state index >= 15 is 0 Å². The monoisotopic (exact) mass is 297 g/mol. The van der Waals surface area contributed by atoms with E-state index in [4.69, 9.17) is 4.74 Å². The summed E-state index contributed by atoms with van der Waals surface area (Å²) in [5.41, 5.74) is 1.16. The summed E-state index contributed by atoms with van der Waals surface area (Å²) in [5, 5.41) is 23.4. The van der Waals surface area contributed by atoms with Crippen LogP contribution in [0.25, 0.3) is 0 Å². The number of nitro groups is 1. The average Bonchev–Trinajstić information content (AvgIpc) is 2.56. The summed E-state index contributed by atoms with van der Waals surface area (Å²) in [6, 6.07) is 14.9. The summed E-state index contributed by atoms with van der Waals surface area (Å²) >= 11 is 0. The minimum absolute atomic E-state index is 0.0680. The number of methoxy groups -OCH3 is 1. The zero-order valence-electron chi connectivity index (χ0n) is 12.0. The number of nitrogens with zero attached hydrogens (tertiary/aromatic N) is 2. The number of nitrogens with one attached hydrogen (secondary N) is 1. The van der Waals surface area contributed by atoms with E-state index in [1.165, 1.54) is 6.07 Å². The predicted molar refractivity (Wildman–Crippen MR) is 81.3 cm³/mol. The first-order chi connectivity index (χ1) is 10.7. The summed E-state index contributed by atoms with van der Waals surface area (Å²) < 4.78 is 5.25. The molecule has 0 aliphatic carbocycles. The second-order valence-corrected chi connectivity index (χ2v) is 4.57. The minimum Gasteiger partial charge on any atom is -0.496 e. The fourth-order valence-electron chi connectivity index (χ4n) is 2.18. The van der Waals surface area contributed by atoms with Gasteiger partial charge in [-0.25, -0.2) is 0 Å². The molecule has 2 aromatic rings. The van der Waals surface area contributed by atoms with E-state index in [1.54, 1.807) is 25.3 Å². The molecule has 2 rings (SSSR count). The van der Waals surface area contributed by atoms with Gasteiger partial charge in [-0.3, -0.25) is 15.4 Å². The van der Waals surface area contributed by atoms with Gasteiger partial charge in [0, 0.05) is 18.2 Å². The van der Waals surface area contributed by atoms with Crippen LogP contribution in [0.15, 0.2) is 48.5 Å². The Morgan fingerprint density at radius 3 is 2.64 bits per heavy atom. The van der Waals surface area contributed by atoms with Crippen LogP contribution in [0.2, 0.25) is 0 Å². The molecule has 2 aromatic carbocycles. The third kappa shape index (κ3) is 3.40. The lowest BCUT2D eigenvalue weighted by atomic mass is 10.1. The molecule has 22 heavy (non-hydrogen) atoms. The molecule has 0 amide bonds. The molecule has 0 fully saturated rings. The molecule has 0 heterocycles. The first-order valence-electron chi connectivity index (χ1n) is 6.65. The smallest absolute Gasteiger partial charge is 0.275 e. The summed E-state index contributed by atoms with van der Waals surface area (Å²) in [7, 11) is 1.57. The quantitative estimate of drug-likeness (QED) is 0.654. The molecule has 1 atom stereocenters. The van der Waals surface area contributed by atoms with Gasteiger partial charge in [0.15, 0.2) is 0 Å². The maximum absolute atomic E-state index is 11.1. The topological polar surface area (TPSA) is 88.2 Å². The molecule has 1 unspecified atom stereocenters. The number of rotatable bonds is 6. The van der Waals surface area contributed by atoms with E-state index in [1.807, 2.05) is 24.3 Å². The fourth-order valence-corrected chi connectivity index (χ4v) is 2.18.